The lowest BCUT2D eigenvalue weighted by Crippen LogP contribution is -2.48. The second-order valence-electron chi connectivity index (χ2n) is 7.33. The number of hydrogen-bond acceptors (Lipinski definition) is 3. The van der Waals surface area contributed by atoms with Gasteiger partial charge in [-0.3, -0.25) is 9.69 Å². The van der Waals surface area contributed by atoms with E-state index in [0.29, 0.717) is 24.9 Å². The number of halogens is 1. The zero-order valence-electron chi connectivity index (χ0n) is 15.7. The van der Waals surface area contributed by atoms with Gasteiger partial charge in [0.25, 0.3) is 5.91 Å². The van der Waals surface area contributed by atoms with Crippen molar-refractivity contribution in [3.8, 4) is 5.75 Å². The molecular weight excluding hydrogens is 343 g/mol. The lowest BCUT2D eigenvalue weighted by atomic mass is 9.95. The van der Waals surface area contributed by atoms with Crippen LogP contribution in [0.4, 0.5) is 4.39 Å². The summed E-state index contributed by atoms with van der Waals surface area (Å²) in [5.41, 5.74) is 2.91. The van der Waals surface area contributed by atoms with Gasteiger partial charge in [0.1, 0.15) is 17.1 Å². The fraction of sp³-hybridized carbons (Fsp3) is 0.409. The molecule has 142 valence electrons. The van der Waals surface area contributed by atoms with Crippen molar-refractivity contribution in [1.82, 2.24) is 9.80 Å². The number of methoxy groups -OCH3 is 1. The molecule has 4 rings (SSSR count). The topological polar surface area (TPSA) is 32.8 Å². The van der Waals surface area contributed by atoms with Gasteiger partial charge in [0.05, 0.1) is 7.11 Å². The summed E-state index contributed by atoms with van der Waals surface area (Å²) >= 11 is 0. The molecule has 2 aliphatic heterocycles. The van der Waals surface area contributed by atoms with E-state index in [2.05, 4.69) is 29.2 Å². The maximum atomic E-state index is 14.2. The molecule has 4 nitrogen and oxygen atoms in total. The molecule has 1 amide bonds. The number of ether oxygens (including phenoxy) is 1. The van der Waals surface area contributed by atoms with Gasteiger partial charge in [-0.25, -0.2) is 4.39 Å². The first-order valence-electron chi connectivity index (χ1n) is 9.60. The van der Waals surface area contributed by atoms with Gasteiger partial charge in [-0.2, -0.15) is 0 Å². The monoisotopic (exact) mass is 368 g/mol. The van der Waals surface area contributed by atoms with Crippen molar-refractivity contribution in [3.05, 3.63) is 65.0 Å². The average Bonchev–Trinajstić information content (AvgIpc) is 2.73. The summed E-state index contributed by atoms with van der Waals surface area (Å²) in [6.45, 7) is 3.35. The highest BCUT2D eigenvalue weighted by molar-refractivity contribution is 5.97. The van der Waals surface area contributed by atoms with Gasteiger partial charge in [0, 0.05) is 32.2 Å². The number of amides is 1. The Morgan fingerprint density at radius 1 is 1.04 bits per heavy atom. The van der Waals surface area contributed by atoms with Crippen LogP contribution in [0.2, 0.25) is 0 Å². The van der Waals surface area contributed by atoms with Crippen molar-refractivity contribution in [3.63, 3.8) is 0 Å². The Hall–Kier alpha value is -2.40. The highest BCUT2D eigenvalue weighted by atomic mass is 19.1. The molecule has 0 saturated carbocycles. The van der Waals surface area contributed by atoms with Gasteiger partial charge in [-0.15, -0.1) is 0 Å². The van der Waals surface area contributed by atoms with Crippen LogP contribution >= 0.6 is 0 Å². The minimum atomic E-state index is -0.519. The molecule has 1 fully saturated rings. The first-order valence-corrected chi connectivity index (χ1v) is 9.60. The number of benzene rings is 2. The van der Waals surface area contributed by atoms with Crippen LogP contribution in [0.3, 0.4) is 0 Å². The molecule has 2 aliphatic rings. The maximum Gasteiger partial charge on any atom is 0.260 e. The fourth-order valence-electron chi connectivity index (χ4n) is 4.30. The Morgan fingerprint density at radius 2 is 1.78 bits per heavy atom. The zero-order chi connectivity index (χ0) is 18.8. The lowest BCUT2D eigenvalue weighted by Gasteiger charge is -2.40. The summed E-state index contributed by atoms with van der Waals surface area (Å²) in [6, 6.07) is 13.6. The molecule has 2 heterocycles. The predicted octanol–water partition coefficient (Wildman–Crippen LogP) is 3.50. The summed E-state index contributed by atoms with van der Waals surface area (Å²) in [4.78, 5) is 17.1. The van der Waals surface area contributed by atoms with E-state index in [1.165, 1.54) is 24.3 Å². The molecular formula is C22H25FN2O2. The smallest absolute Gasteiger partial charge is 0.260 e. The van der Waals surface area contributed by atoms with E-state index in [4.69, 9.17) is 4.74 Å². The van der Waals surface area contributed by atoms with E-state index in [-0.39, 0.29) is 11.5 Å². The molecule has 0 radical (unpaired) electrons. The minimum absolute atomic E-state index is 0.0466. The summed E-state index contributed by atoms with van der Waals surface area (Å²) in [7, 11) is 1.46. The van der Waals surface area contributed by atoms with Crippen molar-refractivity contribution in [2.45, 2.75) is 31.8 Å². The average molecular weight is 368 g/mol. The highest BCUT2D eigenvalue weighted by Crippen LogP contribution is 2.28. The van der Waals surface area contributed by atoms with Crippen LogP contribution in [-0.4, -0.2) is 48.5 Å². The molecule has 5 heteroatoms. The quantitative estimate of drug-likeness (QED) is 0.831. The van der Waals surface area contributed by atoms with Crippen molar-refractivity contribution in [2.75, 3.05) is 26.7 Å². The third-order valence-corrected chi connectivity index (χ3v) is 5.84. The zero-order valence-corrected chi connectivity index (χ0v) is 15.7. The van der Waals surface area contributed by atoms with Crippen LogP contribution in [0, 0.1) is 5.82 Å². The first kappa shape index (κ1) is 18.0. The van der Waals surface area contributed by atoms with Crippen LogP contribution in [0.1, 0.15) is 34.3 Å². The number of piperidine rings is 1. The molecule has 0 spiro atoms. The van der Waals surface area contributed by atoms with E-state index < -0.39 is 5.82 Å². The van der Waals surface area contributed by atoms with Crippen molar-refractivity contribution >= 4 is 5.91 Å². The predicted molar refractivity (Wildman–Crippen MR) is 102 cm³/mol. The van der Waals surface area contributed by atoms with E-state index in [1.54, 1.807) is 17.0 Å². The number of likely N-dealkylation sites (tertiary alicyclic amines) is 1. The molecule has 0 aromatic heterocycles. The van der Waals surface area contributed by atoms with E-state index in [0.717, 1.165) is 32.4 Å². The van der Waals surface area contributed by atoms with E-state index in [9.17, 15) is 9.18 Å². The number of hydrogen-bond donors (Lipinski definition) is 0. The Labute approximate surface area is 159 Å². The van der Waals surface area contributed by atoms with Crippen LogP contribution in [-0.2, 0) is 13.0 Å². The summed E-state index contributed by atoms with van der Waals surface area (Å²) in [5, 5.41) is 0. The Morgan fingerprint density at radius 3 is 2.52 bits per heavy atom. The van der Waals surface area contributed by atoms with Gasteiger partial charge < -0.3 is 9.64 Å². The standard InChI is InChI=1S/C22H25FN2O2/c1-27-20-8-4-7-19(23)21(20)22(26)24-13-10-18(11-14-24)25-12-9-16-5-2-3-6-17(16)15-25/h2-8,18H,9-15H2,1H3. The van der Waals surface area contributed by atoms with Crippen LogP contribution in [0.5, 0.6) is 5.75 Å². The normalized spacial score (nSPS) is 18.2. The van der Waals surface area contributed by atoms with Crippen molar-refractivity contribution < 1.29 is 13.9 Å². The molecule has 27 heavy (non-hydrogen) atoms. The first-order chi connectivity index (χ1) is 13.2. The van der Waals surface area contributed by atoms with Gasteiger partial charge in [0.2, 0.25) is 0 Å². The maximum absolute atomic E-state index is 14.2. The van der Waals surface area contributed by atoms with E-state index >= 15 is 0 Å². The number of carbonyl (C=O) groups excluding carboxylic acids is 1. The Balaban J connectivity index is 1.40. The number of nitrogens with zero attached hydrogens (tertiary/aromatic N) is 2. The molecule has 0 atom stereocenters. The second kappa shape index (κ2) is 7.69. The van der Waals surface area contributed by atoms with Gasteiger partial charge in [0.15, 0.2) is 0 Å². The molecule has 0 N–H and O–H groups in total. The van der Waals surface area contributed by atoms with Crippen molar-refractivity contribution in [2.24, 2.45) is 0 Å². The molecule has 2 aromatic rings. The number of fused-ring (bicyclic) bond motifs is 1. The molecule has 0 aliphatic carbocycles. The Kier molecular flexibility index (Phi) is 5.12. The lowest BCUT2D eigenvalue weighted by molar-refractivity contribution is 0.0592. The van der Waals surface area contributed by atoms with Gasteiger partial charge >= 0.3 is 0 Å². The second-order valence-corrected chi connectivity index (χ2v) is 7.33. The van der Waals surface area contributed by atoms with E-state index in [1.807, 2.05) is 0 Å². The van der Waals surface area contributed by atoms with Gasteiger partial charge in [-0.1, -0.05) is 30.3 Å². The number of carbonyl (C=O) groups is 1. The largest absolute Gasteiger partial charge is 0.496 e. The molecule has 0 unspecified atom stereocenters. The molecule has 2 aromatic carbocycles. The summed E-state index contributed by atoms with van der Waals surface area (Å²) in [6.07, 6.45) is 2.93. The van der Waals surface area contributed by atoms with Crippen LogP contribution < -0.4 is 4.74 Å². The highest BCUT2D eigenvalue weighted by Gasteiger charge is 2.31. The van der Waals surface area contributed by atoms with Crippen molar-refractivity contribution in [1.29, 1.82) is 0 Å². The Bertz CT molecular complexity index is 831. The third-order valence-electron chi connectivity index (χ3n) is 5.84. The third kappa shape index (κ3) is 3.56. The number of rotatable bonds is 3. The van der Waals surface area contributed by atoms with Gasteiger partial charge in [-0.05, 0) is 42.5 Å². The van der Waals surface area contributed by atoms with Crippen LogP contribution in [0.15, 0.2) is 42.5 Å². The minimum Gasteiger partial charge on any atom is -0.496 e. The fourth-order valence-corrected chi connectivity index (χ4v) is 4.30. The summed E-state index contributed by atoms with van der Waals surface area (Å²) in [5.74, 6) is -0.490. The SMILES string of the molecule is COc1cccc(F)c1C(=O)N1CCC(N2CCc3ccccc3C2)CC1. The molecule has 1 saturated heterocycles. The molecule has 0 bridgehead atoms. The summed E-state index contributed by atoms with van der Waals surface area (Å²) < 4.78 is 19.4. The van der Waals surface area contributed by atoms with Crippen LogP contribution in [0.25, 0.3) is 0 Å².